The summed E-state index contributed by atoms with van der Waals surface area (Å²) in [6, 6.07) is 17.4. The third kappa shape index (κ3) is 3.62. The Morgan fingerprint density at radius 1 is 1.18 bits per heavy atom. The third-order valence-electron chi connectivity index (χ3n) is 4.56. The number of carbonyl (C=O) groups excluding carboxylic acids is 1. The molecule has 4 aromatic rings. The van der Waals surface area contributed by atoms with Gasteiger partial charge in [0, 0.05) is 36.4 Å². The van der Waals surface area contributed by atoms with Crippen LogP contribution in [0.4, 0.5) is 0 Å². The zero-order valence-electron chi connectivity index (χ0n) is 15.6. The van der Waals surface area contributed by atoms with Crippen molar-refractivity contribution < 1.29 is 13.9 Å². The first-order chi connectivity index (χ1) is 13.8. The minimum atomic E-state index is -0.229. The molecule has 0 fully saturated rings. The summed E-state index contributed by atoms with van der Waals surface area (Å²) in [5, 5.41) is 3.75. The summed E-state index contributed by atoms with van der Waals surface area (Å²) in [5.41, 5.74) is 1.66. The molecular formula is C22H21N3O3. The van der Waals surface area contributed by atoms with Crippen LogP contribution in [0.25, 0.3) is 22.4 Å². The monoisotopic (exact) mass is 375 g/mol. The van der Waals surface area contributed by atoms with Crippen molar-refractivity contribution in [2.45, 2.75) is 13.0 Å². The average molecular weight is 375 g/mol. The smallest absolute Gasteiger partial charge is 0.287 e. The van der Waals surface area contributed by atoms with Gasteiger partial charge in [-0.2, -0.15) is 0 Å². The number of carbonyl (C=O) groups is 1. The highest BCUT2D eigenvalue weighted by atomic mass is 16.5. The van der Waals surface area contributed by atoms with Gasteiger partial charge in [0.05, 0.1) is 7.11 Å². The highest BCUT2D eigenvalue weighted by Gasteiger charge is 2.14. The van der Waals surface area contributed by atoms with Gasteiger partial charge >= 0.3 is 0 Å². The quantitative estimate of drug-likeness (QED) is 0.493. The lowest BCUT2D eigenvalue weighted by molar-refractivity contribution is 0.0927. The number of benzene rings is 2. The van der Waals surface area contributed by atoms with E-state index in [0.29, 0.717) is 17.9 Å². The van der Waals surface area contributed by atoms with E-state index in [2.05, 4.69) is 14.9 Å². The molecule has 1 N–H and O–H groups in total. The van der Waals surface area contributed by atoms with E-state index in [4.69, 9.17) is 9.15 Å². The Hall–Kier alpha value is -3.54. The summed E-state index contributed by atoms with van der Waals surface area (Å²) in [4.78, 5) is 16.8. The maximum Gasteiger partial charge on any atom is 0.287 e. The van der Waals surface area contributed by atoms with Gasteiger partial charge in [-0.3, -0.25) is 4.79 Å². The molecule has 0 aliphatic heterocycles. The molecule has 28 heavy (non-hydrogen) atoms. The molecule has 0 aliphatic carbocycles. The van der Waals surface area contributed by atoms with Crippen LogP contribution >= 0.6 is 0 Å². The standard InChI is InChI=1S/C22H21N3O3/c1-27-18-10-5-9-17-15-19(28-20(17)18)22(26)24-11-6-13-25-14-12-23-21(25)16-7-3-2-4-8-16/h2-5,7-10,12,14-15H,6,11,13H2,1H3,(H,24,26). The number of methoxy groups -OCH3 is 1. The number of aryl methyl sites for hydroxylation is 1. The third-order valence-corrected chi connectivity index (χ3v) is 4.56. The Kier molecular flexibility index (Phi) is 5.10. The molecule has 0 radical (unpaired) electrons. The molecule has 6 nitrogen and oxygen atoms in total. The molecule has 0 atom stereocenters. The number of hydrogen-bond acceptors (Lipinski definition) is 4. The van der Waals surface area contributed by atoms with Gasteiger partial charge in [-0.25, -0.2) is 4.98 Å². The van der Waals surface area contributed by atoms with E-state index in [1.807, 2.05) is 54.7 Å². The lowest BCUT2D eigenvalue weighted by atomic mass is 10.2. The van der Waals surface area contributed by atoms with Crippen molar-refractivity contribution in [1.82, 2.24) is 14.9 Å². The Balaban J connectivity index is 1.35. The van der Waals surface area contributed by atoms with Crippen LogP contribution in [0.5, 0.6) is 5.75 Å². The van der Waals surface area contributed by atoms with Crippen LogP contribution in [-0.2, 0) is 6.54 Å². The van der Waals surface area contributed by atoms with Crippen LogP contribution in [0, 0.1) is 0 Å². The molecular weight excluding hydrogens is 354 g/mol. The number of furan rings is 1. The fourth-order valence-corrected chi connectivity index (χ4v) is 3.18. The Morgan fingerprint density at radius 2 is 2.04 bits per heavy atom. The van der Waals surface area contributed by atoms with E-state index in [1.165, 1.54) is 0 Å². The van der Waals surface area contributed by atoms with Gasteiger partial charge in [0.1, 0.15) is 5.82 Å². The predicted octanol–water partition coefficient (Wildman–Crippen LogP) is 4.13. The molecule has 2 heterocycles. The first-order valence-corrected chi connectivity index (χ1v) is 9.17. The molecule has 2 aromatic heterocycles. The van der Waals surface area contributed by atoms with E-state index in [-0.39, 0.29) is 11.7 Å². The molecule has 0 spiro atoms. The highest BCUT2D eigenvalue weighted by Crippen LogP contribution is 2.28. The van der Waals surface area contributed by atoms with Gasteiger partial charge in [0.25, 0.3) is 5.91 Å². The second-order valence-electron chi connectivity index (χ2n) is 6.41. The summed E-state index contributed by atoms with van der Waals surface area (Å²) in [6.45, 7) is 1.30. The van der Waals surface area contributed by atoms with E-state index in [9.17, 15) is 4.79 Å². The molecule has 142 valence electrons. The predicted molar refractivity (Wildman–Crippen MR) is 107 cm³/mol. The van der Waals surface area contributed by atoms with Crippen LogP contribution in [0.1, 0.15) is 17.0 Å². The van der Waals surface area contributed by atoms with E-state index >= 15 is 0 Å². The number of nitrogens with zero attached hydrogens (tertiary/aromatic N) is 2. The Bertz CT molecular complexity index is 1080. The molecule has 0 unspecified atom stereocenters. The highest BCUT2D eigenvalue weighted by molar-refractivity contribution is 5.97. The second kappa shape index (κ2) is 8.00. The first-order valence-electron chi connectivity index (χ1n) is 9.17. The number of ether oxygens (including phenoxy) is 1. The topological polar surface area (TPSA) is 69.3 Å². The van der Waals surface area contributed by atoms with Crippen molar-refractivity contribution in [3.8, 4) is 17.1 Å². The number of amides is 1. The summed E-state index contributed by atoms with van der Waals surface area (Å²) in [7, 11) is 1.58. The second-order valence-corrected chi connectivity index (χ2v) is 6.41. The lowest BCUT2D eigenvalue weighted by Crippen LogP contribution is -2.24. The molecule has 0 saturated heterocycles. The van der Waals surface area contributed by atoms with E-state index in [0.717, 1.165) is 29.7 Å². The fourth-order valence-electron chi connectivity index (χ4n) is 3.18. The van der Waals surface area contributed by atoms with Gasteiger partial charge < -0.3 is 19.0 Å². The van der Waals surface area contributed by atoms with Crippen molar-refractivity contribution in [3.63, 3.8) is 0 Å². The number of nitrogens with one attached hydrogen (secondary N) is 1. The van der Waals surface area contributed by atoms with E-state index in [1.54, 1.807) is 19.4 Å². The minimum absolute atomic E-state index is 0.229. The summed E-state index contributed by atoms with van der Waals surface area (Å²) in [6.07, 6.45) is 4.53. The Labute approximate surface area is 162 Å². The zero-order chi connectivity index (χ0) is 19.3. The number of rotatable bonds is 7. The number of fused-ring (bicyclic) bond motifs is 1. The molecule has 0 bridgehead atoms. The van der Waals surface area contributed by atoms with Crippen LogP contribution in [0.3, 0.4) is 0 Å². The minimum Gasteiger partial charge on any atom is -0.493 e. The lowest BCUT2D eigenvalue weighted by Gasteiger charge is -2.08. The zero-order valence-corrected chi connectivity index (χ0v) is 15.6. The van der Waals surface area contributed by atoms with Gasteiger partial charge in [-0.15, -0.1) is 0 Å². The number of para-hydroxylation sites is 1. The SMILES string of the molecule is COc1cccc2cc(C(=O)NCCCn3ccnc3-c3ccccc3)oc12. The molecule has 0 saturated carbocycles. The molecule has 0 aliphatic rings. The molecule has 2 aromatic carbocycles. The summed E-state index contributed by atoms with van der Waals surface area (Å²) in [5.74, 6) is 1.60. The number of aromatic nitrogens is 2. The van der Waals surface area contributed by atoms with Gasteiger partial charge in [0.15, 0.2) is 17.1 Å². The maximum atomic E-state index is 12.4. The normalized spacial score (nSPS) is 10.9. The summed E-state index contributed by atoms with van der Waals surface area (Å²) < 4.78 is 13.0. The largest absolute Gasteiger partial charge is 0.493 e. The van der Waals surface area contributed by atoms with Crippen LogP contribution in [0.15, 0.2) is 71.4 Å². The molecule has 1 amide bonds. The first kappa shape index (κ1) is 17.9. The van der Waals surface area contributed by atoms with Crippen molar-refractivity contribution in [1.29, 1.82) is 0 Å². The number of hydrogen-bond donors (Lipinski definition) is 1. The van der Waals surface area contributed by atoms with Gasteiger partial charge in [-0.1, -0.05) is 42.5 Å². The average Bonchev–Trinajstić information content (AvgIpc) is 3.38. The van der Waals surface area contributed by atoms with Crippen LogP contribution in [0.2, 0.25) is 0 Å². The maximum absolute atomic E-state index is 12.4. The molecule has 4 rings (SSSR count). The van der Waals surface area contributed by atoms with Crippen LogP contribution in [-0.4, -0.2) is 29.1 Å². The van der Waals surface area contributed by atoms with Crippen molar-refractivity contribution in [2.24, 2.45) is 0 Å². The Morgan fingerprint density at radius 3 is 2.86 bits per heavy atom. The van der Waals surface area contributed by atoms with Gasteiger partial charge in [-0.05, 0) is 18.6 Å². The van der Waals surface area contributed by atoms with Gasteiger partial charge in [0.2, 0.25) is 0 Å². The summed E-state index contributed by atoms with van der Waals surface area (Å²) >= 11 is 0. The molecule has 6 heteroatoms. The van der Waals surface area contributed by atoms with Crippen LogP contribution < -0.4 is 10.1 Å². The van der Waals surface area contributed by atoms with Crippen molar-refractivity contribution in [2.75, 3.05) is 13.7 Å². The fraction of sp³-hybridized carbons (Fsp3) is 0.182. The van der Waals surface area contributed by atoms with E-state index < -0.39 is 0 Å². The van der Waals surface area contributed by atoms with Crippen molar-refractivity contribution in [3.05, 3.63) is 72.8 Å². The van der Waals surface area contributed by atoms with Crippen molar-refractivity contribution >= 4 is 16.9 Å². The number of imidazole rings is 1.